The van der Waals surface area contributed by atoms with Crippen molar-refractivity contribution in [2.45, 2.75) is 45.1 Å². The summed E-state index contributed by atoms with van der Waals surface area (Å²) in [6, 6.07) is 2.52. The predicted molar refractivity (Wildman–Crippen MR) is 78.1 cm³/mol. The van der Waals surface area contributed by atoms with Gasteiger partial charge in [0.05, 0.1) is 6.61 Å². The van der Waals surface area contributed by atoms with Crippen LogP contribution in [0.25, 0.3) is 0 Å². The maximum absolute atomic E-state index is 5.79. The van der Waals surface area contributed by atoms with Crippen molar-refractivity contribution < 1.29 is 4.74 Å². The molecular formula is C14H22ClN3O. The van der Waals surface area contributed by atoms with Crippen molar-refractivity contribution >= 4 is 17.4 Å². The SMILES string of the molecule is CCCOc1cc(N2CCCC2CCCCl)ncn1. The molecule has 1 fully saturated rings. The van der Waals surface area contributed by atoms with Crippen molar-refractivity contribution in [1.82, 2.24) is 9.97 Å². The highest BCUT2D eigenvalue weighted by Gasteiger charge is 2.25. The van der Waals surface area contributed by atoms with E-state index in [1.54, 1.807) is 6.33 Å². The monoisotopic (exact) mass is 283 g/mol. The van der Waals surface area contributed by atoms with Gasteiger partial charge in [-0.05, 0) is 32.1 Å². The van der Waals surface area contributed by atoms with Gasteiger partial charge in [-0.25, -0.2) is 9.97 Å². The summed E-state index contributed by atoms with van der Waals surface area (Å²) in [6.45, 7) is 3.86. The lowest BCUT2D eigenvalue weighted by molar-refractivity contribution is 0.304. The van der Waals surface area contributed by atoms with Gasteiger partial charge >= 0.3 is 0 Å². The standard InChI is InChI=1S/C14H22ClN3O/c1-2-9-19-14-10-13(16-11-17-14)18-8-4-6-12(18)5-3-7-15/h10-12H,2-9H2,1H3. The summed E-state index contributed by atoms with van der Waals surface area (Å²) in [4.78, 5) is 10.9. The summed E-state index contributed by atoms with van der Waals surface area (Å²) in [5, 5.41) is 0. The first-order valence-electron chi connectivity index (χ1n) is 7.12. The average molecular weight is 284 g/mol. The number of hydrogen-bond donors (Lipinski definition) is 0. The Balaban J connectivity index is 2.03. The van der Waals surface area contributed by atoms with Crippen LogP contribution in [0.15, 0.2) is 12.4 Å². The molecule has 2 heterocycles. The number of nitrogens with zero attached hydrogens (tertiary/aromatic N) is 3. The fourth-order valence-corrected chi connectivity index (χ4v) is 2.68. The Bertz CT molecular complexity index is 389. The van der Waals surface area contributed by atoms with E-state index in [1.165, 1.54) is 12.8 Å². The molecule has 0 amide bonds. The molecule has 0 saturated carbocycles. The smallest absolute Gasteiger partial charge is 0.218 e. The molecule has 1 atom stereocenters. The van der Waals surface area contributed by atoms with E-state index in [1.807, 2.05) is 6.07 Å². The second-order valence-corrected chi connectivity index (χ2v) is 5.26. The molecule has 1 unspecified atom stereocenters. The van der Waals surface area contributed by atoms with E-state index in [0.29, 0.717) is 18.5 Å². The highest BCUT2D eigenvalue weighted by atomic mass is 35.5. The van der Waals surface area contributed by atoms with E-state index in [-0.39, 0.29) is 0 Å². The minimum atomic E-state index is 0.563. The largest absolute Gasteiger partial charge is 0.478 e. The van der Waals surface area contributed by atoms with Gasteiger partial charge in [0.25, 0.3) is 0 Å². The van der Waals surface area contributed by atoms with E-state index >= 15 is 0 Å². The Hall–Kier alpha value is -1.03. The summed E-state index contributed by atoms with van der Waals surface area (Å²) in [6.07, 6.45) is 7.23. The third-order valence-electron chi connectivity index (χ3n) is 3.42. The van der Waals surface area contributed by atoms with Gasteiger partial charge in [0, 0.05) is 24.5 Å². The van der Waals surface area contributed by atoms with E-state index in [9.17, 15) is 0 Å². The number of alkyl halides is 1. The highest BCUT2D eigenvalue weighted by Crippen LogP contribution is 2.28. The van der Waals surface area contributed by atoms with Gasteiger partial charge in [0.1, 0.15) is 12.1 Å². The van der Waals surface area contributed by atoms with Crippen LogP contribution in [0.2, 0.25) is 0 Å². The van der Waals surface area contributed by atoms with E-state index < -0.39 is 0 Å². The molecule has 4 nitrogen and oxygen atoms in total. The van der Waals surface area contributed by atoms with Gasteiger partial charge in [-0.3, -0.25) is 0 Å². The van der Waals surface area contributed by atoms with Crippen molar-refractivity contribution in [1.29, 1.82) is 0 Å². The summed E-state index contributed by atoms with van der Waals surface area (Å²) >= 11 is 5.79. The Kier molecular flexibility index (Phi) is 5.70. The van der Waals surface area contributed by atoms with E-state index in [4.69, 9.17) is 16.3 Å². The van der Waals surface area contributed by atoms with Gasteiger partial charge in [-0.15, -0.1) is 11.6 Å². The van der Waals surface area contributed by atoms with Gasteiger partial charge < -0.3 is 9.64 Å². The normalized spacial score (nSPS) is 18.8. The lowest BCUT2D eigenvalue weighted by atomic mass is 10.1. The van der Waals surface area contributed by atoms with E-state index in [0.717, 1.165) is 37.5 Å². The van der Waals surface area contributed by atoms with Crippen LogP contribution in [0.1, 0.15) is 39.0 Å². The second kappa shape index (κ2) is 7.53. The summed E-state index contributed by atoms with van der Waals surface area (Å²) < 4.78 is 5.57. The van der Waals surface area contributed by atoms with Crippen LogP contribution in [0.5, 0.6) is 5.88 Å². The van der Waals surface area contributed by atoms with Crippen molar-refractivity contribution in [3.8, 4) is 5.88 Å². The molecule has 2 rings (SSSR count). The third-order valence-corrected chi connectivity index (χ3v) is 3.69. The Morgan fingerprint density at radius 3 is 3.16 bits per heavy atom. The Labute approximate surface area is 120 Å². The first kappa shape index (κ1) is 14.4. The van der Waals surface area contributed by atoms with Crippen molar-refractivity contribution in [2.75, 3.05) is 23.9 Å². The molecule has 0 aliphatic carbocycles. The zero-order chi connectivity index (χ0) is 13.5. The maximum Gasteiger partial charge on any atom is 0.218 e. The molecule has 1 aliphatic rings. The van der Waals surface area contributed by atoms with Crippen molar-refractivity contribution in [2.24, 2.45) is 0 Å². The molecule has 1 saturated heterocycles. The van der Waals surface area contributed by atoms with Gasteiger partial charge in [0.15, 0.2) is 0 Å². The first-order valence-corrected chi connectivity index (χ1v) is 7.66. The average Bonchev–Trinajstić information content (AvgIpc) is 2.91. The number of rotatable bonds is 7. The quantitative estimate of drug-likeness (QED) is 0.720. The predicted octanol–water partition coefficient (Wildman–Crippen LogP) is 3.25. The molecule has 1 aromatic rings. The lowest BCUT2D eigenvalue weighted by Gasteiger charge is -2.25. The van der Waals surface area contributed by atoms with Crippen molar-refractivity contribution in [3.05, 3.63) is 12.4 Å². The molecule has 0 aromatic carbocycles. The molecule has 5 heteroatoms. The van der Waals surface area contributed by atoms with Crippen molar-refractivity contribution in [3.63, 3.8) is 0 Å². The van der Waals surface area contributed by atoms with Crippen LogP contribution in [-0.2, 0) is 0 Å². The first-order chi connectivity index (χ1) is 9.35. The summed E-state index contributed by atoms with van der Waals surface area (Å²) in [5.74, 6) is 2.40. The molecular weight excluding hydrogens is 262 g/mol. The zero-order valence-corrected chi connectivity index (χ0v) is 12.3. The number of anilines is 1. The van der Waals surface area contributed by atoms with E-state index in [2.05, 4.69) is 21.8 Å². The fourth-order valence-electron chi connectivity index (χ4n) is 2.52. The minimum absolute atomic E-state index is 0.563. The lowest BCUT2D eigenvalue weighted by Crippen LogP contribution is -2.30. The number of halogens is 1. The Morgan fingerprint density at radius 1 is 1.47 bits per heavy atom. The number of hydrogen-bond acceptors (Lipinski definition) is 4. The minimum Gasteiger partial charge on any atom is -0.478 e. The van der Waals surface area contributed by atoms with Crippen LogP contribution in [-0.4, -0.2) is 35.0 Å². The van der Waals surface area contributed by atoms with Crippen LogP contribution < -0.4 is 9.64 Å². The Morgan fingerprint density at radius 2 is 2.37 bits per heavy atom. The van der Waals surface area contributed by atoms with Gasteiger partial charge in [-0.2, -0.15) is 0 Å². The fraction of sp³-hybridized carbons (Fsp3) is 0.714. The molecule has 0 spiro atoms. The number of aromatic nitrogens is 2. The summed E-state index contributed by atoms with van der Waals surface area (Å²) in [7, 11) is 0. The molecule has 0 N–H and O–H groups in total. The highest BCUT2D eigenvalue weighted by molar-refractivity contribution is 6.17. The zero-order valence-electron chi connectivity index (χ0n) is 11.5. The molecule has 1 aromatic heterocycles. The van der Waals surface area contributed by atoms with Crippen LogP contribution in [0.4, 0.5) is 5.82 Å². The van der Waals surface area contributed by atoms with Crippen LogP contribution >= 0.6 is 11.6 Å². The van der Waals surface area contributed by atoms with Crippen LogP contribution in [0, 0.1) is 0 Å². The summed E-state index contributed by atoms with van der Waals surface area (Å²) in [5.41, 5.74) is 0. The molecule has 1 aliphatic heterocycles. The topological polar surface area (TPSA) is 38.2 Å². The molecule has 106 valence electrons. The maximum atomic E-state index is 5.79. The van der Waals surface area contributed by atoms with Gasteiger partial charge in [-0.1, -0.05) is 6.92 Å². The third kappa shape index (κ3) is 3.96. The number of ether oxygens (including phenoxy) is 1. The molecule has 19 heavy (non-hydrogen) atoms. The second-order valence-electron chi connectivity index (χ2n) is 4.88. The molecule has 0 bridgehead atoms. The van der Waals surface area contributed by atoms with Gasteiger partial charge in [0.2, 0.25) is 5.88 Å². The molecule has 0 radical (unpaired) electrons. The van der Waals surface area contributed by atoms with Crippen LogP contribution in [0.3, 0.4) is 0 Å².